The average Bonchev–Trinajstić information content (AvgIpc) is 2.85. The van der Waals surface area contributed by atoms with Gasteiger partial charge >= 0.3 is 5.97 Å². The first-order chi connectivity index (χ1) is 11.4. The van der Waals surface area contributed by atoms with E-state index in [0.717, 1.165) is 44.3 Å². The molecular formula is C21H26O3. The zero-order chi connectivity index (χ0) is 17.1. The van der Waals surface area contributed by atoms with Gasteiger partial charge in [0.05, 0.1) is 0 Å². The van der Waals surface area contributed by atoms with Gasteiger partial charge < -0.3 is 4.74 Å². The molecule has 1 aromatic carbocycles. The van der Waals surface area contributed by atoms with Crippen LogP contribution in [0.5, 0.6) is 5.75 Å². The molecule has 0 aliphatic heterocycles. The molecule has 1 aromatic rings. The van der Waals surface area contributed by atoms with Gasteiger partial charge in [0.2, 0.25) is 0 Å². The molecule has 128 valence electrons. The Morgan fingerprint density at radius 3 is 2.75 bits per heavy atom. The van der Waals surface area contributed by atoms with Crippen molar-refractivity contribution in [3.8, 4) is 5.75 Å². The van der Waals surface area contributed by atoms with Crippen LogP contribution in [0.3, 0.4) is 0 Å². The first-order valence-electron chi connectivity index (χ1n) is 9.26. The molecule has 0 N–H and O–H groups in total. The maximum atomic E-state index is 12.4. The van der Waals surface area contributed by atoms with Gasteiger partial charge in [0.25, 0.3) is 0 Å². The Kier molecular flexibility index (Phi) is 3.59. The second-order valence-corrected chi connectivity index (χ2v) is 8.20. The molecule has 0 radical (unpaired) electrons. The number of hydrogen-bond donors (Lipinski definition) is 0. The molecule has 4 unspecified atom stereocenters. The third-order valence-electron chi connectivity index (χ3n) is 7.05. The van der Waals surface area contributed by atoms with E-state index in [1.165, 1.54) is 23.6 Å². The Morgan fingerprint density at radius 2 is 2.00 bits per heavy atom. The minimum atomic E-state index is -0.250. The molecule has 2 saturated carbocycles. The number of fused-ring (bicyclic) bond motifs is 5. The van der Waals surface area contributed by atoms with E-state index in [-0.39, 0.29) is 11.4 Å². The third kappa shape index (κ3) is 2.17. The van der Waals surface area contributed by atoms with Gasteiger partial charge in [0.15, 0.2) is 0 Å². The summed E-state index contributed by atoms with van der Waals surface area (Å²) in [5, 5.41) is 0. The molecule has 0 amide bonds. The normalized spacial score (nSPS) is 34.3. The predicted molar refractivity (Wildman–Crippen MR) is 92.1 cm³/mol. The fourth-order valence-electron chi connectivity index (χ4n) is 5.86. The van der Waals surface area contributed by atoms with E-state index in [1.807, 2.05) is 6.07 Å². The maximum absolute atomic E-state index is 12.4. The average molecular weight is 326 g/mol. The Balaban J connectivity index is 1.78. The maximum Gasteiger partial charge on any atom is 0.308 e. The number of ketones is 1. The summed E-state index contributed by atoms with van der Waals surface area (Å²) in [5.74, 6) is 2.47. The van der Waals surface area contributed by atoms with Crippen molar-refractivity contribution in [2.45, 2.75) is 65.2 Å². The molecule has 0 aromatic heterocycles. The Morgan fingerprint density at radius 1 is 1.21 bits per heavy atom. The molecule has 4 atom stereocenters. The molecule has 3 heteroatoms. The van der Waals surface area contributed by atoms with Crippen LogP contribution < -0.4 is 4.74 Å². The number of carbonyl (C=O) groups is 2. The van der Waals surface area contributed by atoms with Crippen LogP contribution in [0.2, 0.25) is 0 Å². The minimum absolute atomic E-state index is 0.107. The molecule has 0 bridgehead atoms. The minimum Gasteiger partial charge on any atom is -0.426 e. The van der Waals surface area contributed by atoms with Crippen LogP contribution in [0.1, 0.15) is 68.6 Å². The highest BCUT2D eigenvalue weighted by Gasteiger charge is 2.55. The fourth-order valence-corrected chi connectivity index (χ4v) is 5.86. The lowest BCUT2D eigenvalue weighted by Gasteiger charge is -2.48. The smallest absolute Gasteiger partial charge is 0.308 e. The van der Waals surface area contributed by atoms with Gasteiger partial charge in [-0.15, -0.1) is 0 Å². The number of esters is 1. The van der Waals surface area contributed by atoms with Gasteiger partial charge in [-0.2, -0.15) is 0 Å². The highest BCUT2D eigenvalue weighted by Crippen LogP contribution is 2.60. The molecule has 3 aliphatic carbocycles. The summed E-state index contributed by atoms with van der Waals surface area (Å²) in [6, 6.07) is 4.04. The van der Waals surface area contributed by atoms with Crippen molar-refractivity contribution in [1.82, 2.24) is 0 Å². The van der Waals surface area contributed by atoms with Gasteiger partial charge in [-0.3, -0.25) is 9.59 Å². The lowest BCUT2D eigenvalue weighted by atomic mass is 9.55. The Bertz CT molecular complexity index is 720. The molecule has 0 heterocycles. The zero-order valence-electron chi connectivity index (χ0n) is 14.9. The van der Waals surface area contributed by atoms with Crippen molar-refractivity contribution in [2.75, 3.05) is 0 Å². The molecule has 3 aliphatic rings. The molecule has 3 nitrogen and oxygen atoms in total. The number of ether oxygens (including phenoxy) is 1. The summed E-state index contributed by atoms with van der Waals surface area (Å²) in [6.45, 7) is 5.82. The summed E-state index contributed by atoms with van der Waals surface area (Å²) in [4.78, 5) is 24.0. The van der Waals surface area contributed by atoms with Crippen LogP contribution >= 0.6 is 0 Å². The first-order valence-corrected chi connectivity index (χ1v) is 9.26. The van der Waals surface area contributed by atoms with E-state index in [4.69, 9.17) is 4.74 Å². The molecular weight excluding hydrogens is 300 g/mol. The fraction of sp³-hybridized carbons (Fsp3) is 0.619. The summed E-state index contributed by atoms with van der Waals surface area (Å²) < 4.78 is 5.57. The number of benzene rings is 1. The second kappa shape index (κ2) is 5.44. The predicted octanol–water partition coefficient (Wildman–Crippen LogP) is 4.35. The van der Waals surface area contributed by atoms with Crippen LogP contribution in [0.15, 0.2) is 12.1 Å². The van der Waals surface area contributed by atoms with Crippen LogP contribution in [0, 0.1) is 24.2 Å². The van der Waals surface area contributed by atoms with E-state index in [0.29, 0.717) is 23.5 Å². The number of rotatable bonds is 1. The van der Waals surface area contributed by atoms with E-state index in [9.17, 15) is 9.59 Å². The zero-order valence-corrected chi connectivity index (χ0v) is 14.9. The first kappa shape index (κ1) is 15.9. The number of Topliss-reactive ketones (excluding diaryl/α,β-unsaturated/α-hetero) is 1. The van der Waals surface area contributed by atoms with E-state index >= 15 is 0 Å². The highest BCUT2D eigenvalue weighted by molar-refractivity contribution is 5.87. The topological polar surface area (TPSA) is 43.4 Å². The summed E-state index contributed by atoms with van der Waals surface area (Å²) in [6.07, 6.45) is 6.01. The molecule has 0 spiro atoms. The van der Waals surface area contributed by atoms with Gasteiger partial charge in [0, 0.05) is 24.3 Å². The van der Waals surface area contributed by atoms with Gasteiger partial charge in [-0.25, -0.2) is 0 Å². The summed E-state index contributed by atoms with van der Waals surface area (Å²) in [7, 11) is 0. The molecule has 0 saturated heterocycles. The second-order valence-electron chi connectivity index (χ2n) is 8.20. The van der Waals surface area contributed by atoms with E-state index in [1.54, 1.807) is 0 Å². The number of carbonyl (C=O) groups excluding carboxylic acids is 2. The van der Waals surface area contributed by atoms with Gasteiger partial charge in [0.1, 0.15) is 11.5 Å². The molecule has 4 rings (SSSR count). The number of hydrogen-bond acceptors (Lipinski definition) is 3. The number of aryl methyl sites for hydroxylation is 1. The lowest BCUT2D eigenvalue weighted by molar-refractivity contribution is -0.132. The molecule has 24 heavy (non-hydrogen) atoms. The van der Waals surface area contributed by atoms with Crippen molar-refractivity contribution < 1.29 is 14.3 Å². The largest absolute Gasteiger partial charge is 0.426 e. The van der Waals surface area contributed by atoms with Crippen LogP contribution in [0.4, 0.5) is 0 Å². The van der Waals surface area contributed by atoms with E-state index in [2.05, 4.69) is 19.9 Å². The van der Waals surface area contributed by atoms with Crippen molar-refractivity contribution in [3.63, 3.8) is 0 Å². The Hall–Kier alpha value is -1.64. The van der Waals surface area contributed by atoms with Crippen LogP contribution in [-0.4, -0.2) is 11.8 Å². The van der Waals surface area contributed by atoms with E-state index < -0.39 is 0 Å². The quantitative estimate of drug-likeness (QED) is 0.569. The van der Waals surface area contributed by atoms with Crippen LogP contribution in [0.25, 0.3) is 0 Å². The standard InChI is InChI=1S/C21H26O3/c1-12-4-8-18(24-13(2)22)20-14(12)5-6-15-16(20)10-11-21(3)17(15)7-9-19(21)23/h4,8,15-17H,5-7,9-11H2,1-3H3. The summed E-state index contributed by atoms with van der Waals surface area (Å²) >= 11 is 0. The summed E-state index contributed by atoms with van der Waals surface area (Å²) in [5.41, 5.74) is 3.84. The van der Waals surface area contributed by atoms with Crippen molar-refractivity contribution in [3.05, 3.63) is 28.8 Å². The van der Waals surface area contributed by atoms with Gasteiger partial charge in [-0.05, 0) is 74.0 Å². The third-order valence-corrected chi connectivity index (χ3v) is 7.05. The van der Waals surface area contributed by atoms with Crippen LogP contribution in [-0.2, 0) is 16.0 Å². The molecule has 2 fully saturated rings. The van der Waals surface area contributed by atoms with Gasteiger partial charge in [-0.1, -0.05) is 13.0 Å². The highest BCUT2D eigenvalue weighted by atomic mass is 16.5. The SMILES string of the molecule is CC(=O)Oc1ccc(C)c2c1C1CCC3(C)C(=O)CCC3C1CC2. The monoisotopic (exact) mass is 326 g/mol. The van der Waals surface area contributed by atoms with Crippen molar-refractivity contribution >= 4 is 11.8 Å². The van der Waals surface area contributed by atoms with Crippen molar-refractivity contribution in [2.24, 2.45) is 17.3 Å². The lowest BCUT2D eigenvalue weighted by Crippen LogP contribution is -2.42. The van der Waals surface area contributed by atoms with Crippen molar-refractivity contribution in [1.29, 1.82) is 0 Å². The Labute approximate surface area is 143 Å².